The van der Waals surface area contributed by atoms with Crippen molar-refractivity contribution >= 4 is 23.1 Å². The van der Waals surface area contributed by atoms with E-state index in [9.17, 15) is 4.79 Å². The Morgan fingerprint density at radius 1 is 1.39 bits per heavy atom. The van der Waals surface area contributed by atoms with E-state index in [-0.39, 0.29) is 11.8 Å². The lowest BCUT2D eigenvalue weighted by Gasteiger charge is -2.32. The molecule has 104 valence electrons. The molecule has 2 atom stereocenters. The summed E-state index contributed by atoms with van der Waals surface area (Å²) in [6.07, 6.45) is 7.44. The molecule has 0 aromatic carbocycles. The SMILES string of the molecule is CCCC(C(=O)N1CCCCCC1CC)C(N)=S. The van der Waals surface area contributed by atoms with Crippen molar-refractivity contribution in [2.45, 2.75) is 64.8 Å². The fourth-order valence-electron chi connectivity index (χ4n) is 2.77. The second kappa shape index (κ2) is 7.72. The zero-order chi connectivity index (χ0) is 13.5. The number of rotatable bonds is 5. The minimum absolute atomic E-state index is 0.165. The van der Waals surface area contributed by atoms with Crippen LogP contribution in [0.2, 0.25) is 0 Å². The van der Waals surface area contributed by atoms with Crippen molar-refractivity contribution in [3.05, 3.63) is 0 Å². The van der Waals surface area contributed by atoms with Gasteiger partial charge in [0.2, 0.25) is 5.91 Å². The number of nitrogens with two attached hydrogens (primary N) is 1. The molecule has 0 radical (unpaired) electrons. The van der Waals surface area contributed by atoms with E-state index in [0.717, 1.165) is 38.6 Å². The second-order valence-corrected chi connectivity index (χ2v) is 5.66. The van der Waals surface area contributed by atoms with Crippen molar-refractivity contribution in [1.82, 2.24) is 4.90 Å². The average Bonchev–Trinajstić information content (AvgIpc) is 2.59. The highest BCUT2D eigenvalue weighted by atomic mass is 32.1. The second-order valence-electron chi connectivity index (χ2n) is 5.19. The number of thiocarbonyl (C=S) groups is 1. The van der Waals surface area contributed by atoms with E-state index in [0.29, 0.717) is 11.0 Å². The van der Waals surface area contributed by atoms with Gasteiger partial charge in [0.05, 0.1) is 10.9 Å². The van der Waals surface area contributed by atoms with Gasteiger partial charge in [0.15, 0.2) is 0 Å². The van der Waals surface area contributed by atoms with Crippen LogP contribution in [0.25, 0.3) is 0 Å². The molecular weight excluding hydrogens is 244 g/mol. The maximum atomic E-state index is 12.6. The highest BCUT2D eigenvalue weighted by Gasteiger charge is 2.30. The Hall–Kier alpha value is -0.640. The summed E-state index contributed by atoms with van der Waals surface area (Å²) >= 11 is 5.07. The van der Waals surface area contributed by atoms with Crippen LogP contribution in [-0.4, -0.2) is 28.4 Å². The highest BCUT2D eigenvalue weighted by molar-refractivity contribution is 7.80. The fourth-order valence-corrected chi connectivity index (χ4v) is 2.99. The summed E-state index contributed by atoms with van der Waals surface area (Å²) < 4.78 is 0. The maximum Gasteiger partial charge on any atom is 0.232 e. The van der Waals surface area contributed by atoms with Gasteiger partial charge in [-0.2, -0.15) is 0 Å². The summed E-state index contributed by atoms with van der Waals surface area (Å²) in [5.41, 5.74) is 5.74. The molecule has 1 rings (SSSR count). The normalized spacial score (nSPS) is 22.3. The number of carbonyl (C=O) groups is 1. The van der Waals surface area contributed by atoms with Gasteiger partial charge in [-0.15, -0.1) is 0 Å². The molecule has 0 spiro atoms. The van der Waals surface area contributed by atoms with Gasteiger partial charge in [0.1, 0.15) is 0 Å². The largest absolute Gasteiger partial charge is 0.393 e. The summed E-state index contributed by atoms with van der Waals surface area (Å²) in [6.45, 7) is 5.10. The Morgan fingerprint density at radius 3 is 2.67 bits per heavy atom. The van der Waals surface area contributed by atoms with E-state index in [1.807, 2.05) is 4.90 Å². The van der Waals surface area contributed by atoms with Crippen molar-refractivity contribution in [2.24, 2.45) is 11.7 Å². The molecule has 18 heavy (non-hydrogen) atoms. The van der Waals surface area contributed by atoms with Crippen molar-refractivity contribution in [1.29, 1.82) is 0 Å². The Morgan fingerprint density at radius 2 is 2.11 bits per heavy atom. The molecule has 1 aliphatic heterocycles. The van der Waals surface area contributed by atoms with E-state index in [4.69, 9.17) is 18.0 Å². The van der Waals surface area contributed by atoms with Crippen molar-refractivity contribution in [3.63, 3.8) is 0 Å². The minimum Gasteiger partial charge on any atom is -0.393 e. The molecule has 0 aromatic heterocycles. The monoisotopic (exact) mass is 270 g/mol. The van der Waals surface area contributed by atoms with Crippen molar-refractivity contribution in [3.8, 4) is 0 Å². The third-order valence-corrected chi connectivity index (χ3v) is 4.13. The third kappa shape index (κ3) is 3.94. The average molecular weight is 270 g/mol. The molecule has 3 nitrogen and oxygen atoms in total. The van der Waals surface area contributed by atoms with Crippen LogP contribution >= 0.6 is 12.2 Å². The minimum atomic E-state index is -0.253. The van der Waals surface area contributed by atoms with E-state index < -0.39 is 0 Å². The molecule has 1 fully saturated rings. The summed E-state index contributed by atoms with van der Waals surface area (Å²) in [5.74, 6) is -0.0877. The van der Waals surface area contributed by atoms with E-state index >= 15 is 0 Å². The van der Waals surface area contributed by atoms with Gasteiger partial charge in [0, 0.05) is 12.6 Å². The Bertz CT molecular complexity index is 294. The first-order chi connectivity index (χ1) is 8.61. The molecule has 2 N–H and O–H groups in total. The van der Waals surface area contributed by atoms with Gasteiger partial charge in [-0.3, -0.25) is 4.79 Å². The molecule has 1 amide bonds. The van der Waals surface area contributed by atoms with Crippen molar-refractivity contribution < 1.29 is 4.79 Å². The highest BCUT2D eigenvalue weighted by Crippen LogP contribution is 2.22. The summed E-state index contributed by atoms with van der Waals surface area (Å²) in [7, 11) is 0. The van der Waals surface area contributed by atoms with Gasteiger partial charge in [-0.25, -0.2) is 0 Å². The van der Waals surface area contributed by atoms with Gasteiger partial charge < -0.3 is 10.6 Å². The molecule has 0 bridgehead atoms. The van der Waals surface area contributed by atoms with Crippen LogP contribution in [0, 0.1) is 5.92 Å². The lowest BCUT2D eigenvalue weighted by molar-refractivity contribution is -0.135. The summed E-state index contributed by atoms with van der Waals surface area (Å²) in [6, 6.07) is 0.383. The Kier molecular flexibility index (Phi) is 6.61. The molecule has 1 saturated heterocycles. The predicted octanol–water partition coefficient (Wildman–Crippen LogP) is 2.87. The van der Waals surface area contributed by atoms with Crippen LogP contribution in [0.5, 0.6) is 0 Å². The van der Waals surface area contributed by atoms with E-state index in [1.165, 1.54) is 12.8 Å². The first kappa shape index (κ1) is 15.4. The van der Waals surface area contributed by atoms with Gasteiger partial charge >= 0.3 is 0 Å². The van der Waals surface area contributed by atoms with Crippen LogP contribution in [0.1, 0.15) is 58.8 Å². The van der Waals surface area contributed by atoms with Crippen LogP contribution < -0.4 is 5.73 Å². The number of likely N-dealkylation sites (tertiary alicyclic amines) is 1. The number of hydrogen-bond acceptors (Lipinski definition) is 2. The smallest absolute Gasteiger partial charge is 0.232 e. The summed E-state index contributed by atoms with van der Waals surface area (Å²) in [5, 5.41) is 0. The standard InChI is InChI=1S/C14H26N2OS/c1-3-8-12(13(15)18)14(17)16-10-7-5-6-9-11(16)4-2/h11-12H,3-10H2,1-2H3,(H2,15,18). The summed E-state index contributed by atoms with van der Waals surface area (Å²) in [4.78, 5) is 15.0. The Balaban J connectivity index is 2.79. The maximum absolute atomic E-state index is 12.6. The van der Waals surface area contributed by atoms with Gasteiger partial charge in [-0.05, 0) is 25.7 Å². The van der Waals surface area contributed by atoms with E-state index in [1.54, 1.807) is 0 Å². The Labute approximate surface area is 116 Å². The van der Waals surface area contributed by atoms with Crippen LogP contribution in [0.15, 0.2) is 0 Å². The number of amides is 1. The van der Waals surface area contributed by atoms with Gasteiger partial charge in [-0.1, -0.05) is 45.3 Å². The molecular formula is C14H26N2OS. The number of hydrogen-bond donors (Lipinski definition) is 1. The van der Waals surface area contributed by atoms with Crippen molar-refractivity contribution in [2.75, 3.05) is 6.54 Å². The predicted molar refractivity (Wildman–Crippen MR) is 79.4 cm³/mol. The number of nitrogens with zero attached hydrogens (tertiary/aromatic N) is 1. The zero-order valence-electron chi connectivity index (χ0n) is 11.7. The molecule has 2 unspecified atom stereocenters. The number of carbonyl (C=O) groups excluding carboxylic acids is 1. The molecule has 0 aromatic rings. The fraction of sp³-hybridized carbons (Fsp3) is 0.857. The van der Waals surface area contributed by atoms with E-state index in [2.05, 4.69) is 13.8 Å². The molecule has 0 aliphatic carbocycles. The lowest BCUT2D eigenvalue weighted by Crippen LogP contribution is -2.46. The third-order valence-electron chi connectivity index (χ3n) is 3.85. The molecule has 1 heterocycles. The zero-order valence-corrected chi connectivity index (χ0v) is 12.5. The van der Waals surface area contributed by atoms with Crippen LogP contribution in [-0.2, 0) is 4.79 Å². The lowest BCUT2D eigenvalue weighted by atomic mass is 9.99. The topological polar surface area (TPSA) is 46.3 Å². The van der Waals surface area contributed by atoms with Crippen LogP contribution in [0.3, 0.4) is 0 Å². The molecule has 0 saturated carbocycles. The van der Waals surface area contributed by atoms with Gasteiger partial charge in [0.25, 0.3) is 0 Å². The van der Waals surface area contributed by atoms with Crippen LogP contribution in [0.4, 0.5) is 0 Å². The quantitative estimate of drug-likeness (QED) is 0.781. The molecule has 1 aliphatic rings. The molecule has 4 heteroatoms. The first-order valence-electron chi connectivity index (χ1n) is 7.21. The first-order valence-corrected chi connectivity index (χ1v) is 7.62.